The summed E-state index contributed by atoms with van der Waals surface area (Å²) in [6.07, 6.45) is 0.496. The quantitative estimate of drug-likeness (QED) is 0.859. The molecular formula is C21H26ClN3O. The minimum absolute atomic E-state index is 0.0384. The molecule has 0 aliphatic carbocycles. The number of carbonyl (C=O) groups excluding carboxylic acids is 1. The van der Waals surface area contributed by atoms with E-state index >= 15 is 0 Å². The van der Waals surface area contributed by atoms with Crippen molar-refractivity contribution in [1.82, 2.24) is 4.90 Å². The average Bonchev–Trinajstić information content (AvgIpc) is 2.63. The molecule has 26 heavy (non-hydrogen) atoms. The Labute approximate surface area is 160 Å². The summed E-state index contributed by atoms with van der Waals surface area (Å²) < 4.78 is 0. The highest BCUT2D eigenvalue weighted by Gasteiger charge is 2.18. The monoisotopic (exact) mass is 371 g/mol. The van der Waals surface area contributed by atoms with Crippen LogP contribution in [0.3, 0.4) is 0 Å². The fourth-order valence-corrected chi connectivity index (χ4v) is 3.43. The molecule has 0 aromatic heterocycles. The van der Waals surface area contributed by atoms with Crippen molar-refractivity contribution in [1.29, 1.82) is 0 Å². The molecule has 4 nitrogen and oxygen atoms in total. The third kappa shape index (κ3) is 4.99. The normalized spacial score (nSPS) is 15.1. The van der Waals surface area contributed by atoms with E-state index in [1.165, 1.54) is 11.3 Å². The minimum Gasteiger partial charge on any atom is -0.369 e. The van der Waals surface area contributed by atoms with Crippen molar-refractivity contribution in [3.8, 4) is 0 Å². The number of halogens is 1. The van der Waals surface area contributed by atoms with E-state index in [0.29, 0.717) is 11.4 Å². The van der Waals surface area contributed by atoms with Crippen molar-refractivity contribution in [2.75, 3.05) is 42.9 Å². The Morgan fingerprint density at radius 2 is 1.85 bits per heavy atom. The van der Waals surface area contributed by atoms with Gasteiger partial charge in [0.15, 0.2) is 0 Å². The van der Waals surface area contributed by atoms with Crippen molar-refractivity contribution >= 4 is 28.9 Å². The topological polar surface area (TPSA) is 35.6 Å². The third-order valence-corrected chi connectivity index (χ3v) is 5.10. The van der Waals surface area contributed by atoms with Crippen LogP contribution in [-0.4, -0.2) is 43.5 Å². The van der Waals surface area contributed by atoms with E-state index in [0.717, 1.165) is 44.0 Å². The van der Waals surface area contributed by atoms with Crippen LogP contribution in [0.25, 0.3) is 0 Å². The first-order valence-corrected chi connectivity index (χ1v) is 9.49. The predicted octanol–water partition coefficient (Wildman–Crippen LogP) is 4.11. The Balaban J connectivity index is 1.45. The predicted molar refractivity (Wildman–Crippen MR) is 109 cm³/mol. The van der Waals surface area contributed by atoms with Gasteiger partial charge in [-0.25, -0.2) is 0 Å². The van der Waals surface area contributed by atoms with E-state index in [4.69, 9.17) is 11.6 Å². The zero-order valence-electron chi connectivity index (χ0n) is 15.5. The van der Waals surface area contributed by atoms with Gasteiger partial charge in [-0.1, -0.05) is 29.8 Å². The summed E-state index contributed by atoms with van der Waals surface area (Å²) in [5.74, 6) is 0.0384. The molecule has 0 radical (unpaired) electrons. The van der Waals surface area contributed by atoms with Gasteiger partial charge in [0, 0.05) is 55.5 Å². The lowest BCUT2D eigenvalue weighted by Gasteiger charge is -2.36. The average molecular weight is 372 g/mol. The van der Waals surface area contributed by atoms with Crippen LogP contribution in [0.5, 0.6) is 0 Å². The maximum atomic E-state index is 12.3. The van der Waals surface area contributed by atoms with Crippen LogP contribution < -0.4 is 10.2 Å². The lowest BCUT2D eigenvalue weighted by atomic mass is 10.2. The van der Waals surface area contributed by atoms with Crippen molar-refractivity contribution in [3.63, 3.8) is 0 Å². The number of piperazine rings is 1. The molecule has 5 heteroatoms. The number of hydrogen-bond acceptors (Lipinski definition) is 3. The summed E-state index contributed by atoms with van der Waals surface area (Å²) in [5, 5.41) is 3.61. The molecule has 1 saturated heterocycles. The smallest absolute Gasteiger partial charge is 0.225 e. The molecule has 0 unspecified atom stereocenters. The van der Waals surface area contributed by atoms with Crippen molar-refractivity contribution in [3.05, 3.63) is 58.6 Å². The molecular weight excluding hydrogens is 346 g/mol. The van der Waals surface area contributed by atoms with Crippen molar-refractivity contribution in [2.24, 2.45) is 0 Å². The number of carbonyl (C=O) groups is 1. The largest absolute Gasteiger partial charge is 0.369 e. The fourth-order valence-electron chi connectivity index (χ4n) is 3.26. The number of amides is 1. The lowest BCUT2D eigenvalue weighted by Crippen LogP contribution is -2.47. The van der Waals surface area contributed by atoms with Crippen molar-refractivity contribution in [2.45, 2.75) is 20.3 Å². The summed E-state index contributed by atoms with van der Waals surface area (Å²) in [4.78, 5) is 17.0. The second-order valence-electron chi connectivity index (χ2n) is 6.93. The summed E-state index contributed by atoms with van der Waals surface area (Å²) in [7, 11) is 0. The van der Waals surface area contributed by atoms with E-state index in [2.05, 4.69) is 46.3 Å². The van der Waals surface area contributed by atoms with Gasteiger partial charge in [-0.05, 0) is 49.2 Å². The van der Waals surface area contributed by atoms with Crippen molar-refractivity contribution < 1.29 is 4.79 Å². The molecule has 1 N–H and O–H groups in total. The Morgan fingerprint density at radius 1 is 1.08 bits per heavy atom. The first-order valence-electron chi connectivity index (χ1n) is 9.11. The van der Waals surface area contributed by atoms with Gasteiger partial charge in [0.05, 0.1) is 0 Å². The Bertz CT molecular complexity index is 770. The van der Waals surface area contributed by atoms with Gasteiger partial charge in [-0.15, -0.1) is 0 Å². The molecule has 138 valence electrons. The zero-order chi connectivity index (χ0) is 18.5. The van der Waals surface area contributed by atoms with Gasteiger partial charge in [0.1, 0.15) is 0 Å². The third-order valence-electron chi connectivity index (χ3n) is 4.87. The Hall–Kier alpha value is -2.04. The molecule has 1 fully saturated rings. The van der Waals surface area contributed by atoms with Crippen LogP contribution in [0.1, 0.15) is 17.5 Å². The van der Waals surface area contributed by atoms with E-state index in [1.54, 1.807) is 6.07 Å². The Morgan fingerprint density at radius 3 is 2.58 bits per heavy atom. The van der Waals surface area contributed by atoms with Gasteiger partial charge in [-0.3, -0.25) is 9.69 Å². The molecule has 1 aliphatic rings. The molecule has 0 saturated carbocycles. The number of hydrogen-bond donors (Lipinski definition) is 1. The molecule has 1 amide bonds. The van der Waals surface area contributed by atoms with Crippen LogP contribution in [0.4, 0.5) is 11.4 Å². The number of benzene rings is 2. The van der Waals surface area contributed by atoms with E-state index in [1.807, 2.05) is 19.1 Å². The number of anilines is 2. The Kier molecular flexibility index (Phi) is 6.17. The molecule has 2 aromatic carbocycles. The second kappa shape index (κ2) is 8.56. The molecule has 0 atom stereocenters. The maximum absolute atomic E-state index is 12.3. The van der Waals surface area contributed by atoms with Gasteiger partial charge < -0.3 is 10.2 Å². The highest BCUT2D eigenvalue weighted by molar-refractivity contribution is 6.31. The second-order valence-corrected chi connectivity index (χ2v) is 7.36. The van der Waals surface area contributed by atoms with E-state index in [-0.39, 0.29) is 5.91 Å². The first kappa shape index (κ1) is 18.7. The van der Waals surface area contributed by atoms with Crippen LogP contribution in [0, 0.1) is 13.8 Å². The van der Waals surface area contributed by atoms with Crippen LogP contribution in [0.2, 0.25) is 5.02 Å². The lowest BCUT2D eigenvalue weighted by molar-refractivity contribution is -0.116. The highest BCUT2D eigenvalue weighted by atomic mass is 35.5. The number of nitrogens with one attached hydrogen (secondary N) is 1. The molecule has 1 aliphatic heterocycles. The first-order chi connectivity index (χ1) is 12.5. The SMILES string of the molecule is Cc1cccc(N2CCN(CCC(=O)Nc3cc(Cl)ccc3C)CC2)c1. The summed E-state index contributed by atoms with van der Waals surface area (Å²) in [6.45, 7) is 8.84. The van der Waals surface area contributed by atoms with Crippen LogP contribution in [-0.2, 0) is 4.79 Å². The number of nitrogens with zero attached hydrogens (tertiary/aromatic N) is 2. The molecule has 3 rings (SSSR count). The summed E-state index contributed by atoms with van der Waals surface area (Å²) in [5.41, 5.74) is 4.40. The van der Waals surface area contributed by atoms with Gasteiger partial charge in [-0.2, -0.15) is 0 Å². The standard InChI is InChI=1S/C21H26ClN3O/c1-16-4-3-5-19(14-16)25-12-10-24(11-13-25)9-8-21(26)23-20-15-18(22)7-6-17(20)2/h3-7,14-15H,8-13H2,1-2H3,(H,23,26). The van der Waals surface area contributed by atoms with Gasteiger partial charge in [0.2, 0.25) is 5.91 Å². The van der Waals surface area contributed by atoms with E-state index < -0.39 is 0 Å². The number of aryl methyl sites for hydroxylation is 2. The summed E-state index contributed by atoms with van der Waals surface area (Å²) in [6, 6.07) is 14.2. The maximum Gasteiger partial charge on any atom is 0.225 e. The van der Waals surface area contributed by atoms with E-state index in [9.17, 15) is 4.79 Å². The summed E-state index contributed by atoms with van der Waals surface area (Å²) >= 11 is 6.01. The highest BCUT2D eigenvalue weighted by Crippen LogP contribution is 2.21. The van der Waals surface area contributed by atoms with Crippen LogP contribution in [0.15, 0.2) is 42.5 Å². The van der Waals surface area contributed by atoms with Gasteiger partial charge in [0.25, 0.3) is 0 Å². The molecule has 2 aromatic rings. The molecule has 0 bridgehead atoms. The van der Waals surface area contributed by atoms with Gasteiger partial charge >= 0.3 is 0 Å². The number of rotatable bonds is 5. The van der Waals surface area contributed by atoms with Crippen LogP contribution >= 0.6 is 11.6 Å². The fraction of sp³-hybridized carbons (Fsp3) is 0.381. The molecule has 0 spiro atoms. The molecule has 1 heterocycles. The zero-order valence-corrected chi connectivity index (χ0v) is 16.2. The minimum atomic E-state index is 0.0384.